The molecule has 6 heteroatoms. The van der Waals surface area contributed by atoms with Gasteiger partial charge in [-0.2, -0.15) is 9.38 Å². The number of imidazole rings is 1. The van der Waals surface area contributed by atoms with E-state index in [1.165, 1.54) is 4.40 Å². The number of fused-ring (bicyclic) bond motifs is 1. The summed E-state index contributed by atoms with van der Waals surface area (Å²) in [5, 5.41) is 14.0. The van der Waals surface area contributed by atoms with E-state index in [0.717, 1.165) is 0 Å². The van der Waals surface area contributed by atoms with Crippen LogP contribution in [0.15, 0.2) is 24.4 Å². The highest BCUT2D eigenvalue weighted by molar-refractivity contribution is 5.62. The molecule has 84 valence electrons. The number of hydrogen-bond donors (Lipinski definition) is 1. The molecule has 0 aliphatic carbocycles. The SMILES string of the molecule is CC(C)Nc1nc2ccccn2c1[N+](=O)[O-]. The minimum Gasteiger partial charge on any atom is -0.361 e. The molecule has 6 nitrogen and oxygen atoms in total. The quantitative estimate of drug-likeness (QED) is 0.634. The molecule has 0 saturated carbocycles. The third-order valence-electron chi connectivity index (χ3n) is 2.10. The number of anilines is 1. The maximum atomic E-state index is 11.0. The molecule has 0 amide bonds. The van der Waals surface area contributed by atoms with Gasteiger partial charge in [0.05, 0.1) is 6.20 Å². The fourth-order valence-corrected chi connectivity index (χ4v) is 1.53. The second kappa shape index (κ2) is 3.80. The van der Waals surface area contributed by atoms with Crippen LogP contribution in [0, 0.1) is 10.1 Å². The highest BCUT2D eigenvalue weighted by Gasteiger charge is 2.22. The first kappa shape index (κ1) is 10.4. The molecule has 2 aromatic heterocycles. The van der Waals surface area contributed by atoms with Gasteiger partial charge in [0.15, 0.2) is 0 Å². The molecule has 0 aromatic carbocycles. The Morgan fingerprint density at radius 2 is 2.25 bits per heavy atom. The Morgan fingerprint density at radius 3 is 2.88 bits per heavy atom. The van der Waals surface area contributed by atoms with Gasteiger partial charge in [-0.25, -0.2) is 0 Å². The molecule has 16 heavy (non-hydrogen) atoms. The lowest BCUT2D eigenvalue weighted by molar-refractivity contribution is -0.389. The van der Waals surface area contributed by atoms with Crippen LogP contribution < -0.4 is 5.32 Å². The fraction of sp³-hybridized carbons (Fsp3) is 0.300. The summed E-state index contributed by atoms with van der Waals surface area (Å²) in [6.07, 6.45) is 1.63. The van der Waals surface area contributed by atoms with Crippen molar-refractivity contribution < 1.29 is 4.92 Å². The van der Waals surface area contributed by atoms with Gasteiger partial charge in [0.25, 0.3) is 0 Å². The Morgan fingerprint density at radius 1 is 1.50 bits per heavy atom. The normalized spacial score (nSPS) is 10.9. The van der Waals surface area contributed by atoms with E-state index in [1.807, 2.05) is 13.8 Å². The van der Waals surface area contributed by atoms with Gasteiger partial charge in [-0.15, -0.1) is 0 Å². The van der Waals surface area contributed by atoms with E-state index in [9.17, 15) is 10.1 Å². The van der Waals surface area contributed by atoms with Crippen molar-refractivity contribution in [3.63, 3.8) is 0 Å². The lowest BCUT2D eigenvalue weighted by Gasteiger charge is -2.05. The summed E-state index contributed by atoms with van der Waals surface area (Å²) >= 11 is 0. The van der Waals surface area contributed by atoms with Crippen molar-refractivity contribution in [2.45, 2.75) is 19.9 Å². The predicted octanol–water partition coefficient (Wildman–Crippen LogP) is 2.06. The van der Waals surface area contributed by atoms with E-state index in [1.54, 1.807) is 24.4 Å². The van der Waals surface area contributed by atoms with Crippen LogP contribution in [-0.2, 0) is 0 Å². The zero-order chi connectivity index (χ0) is 11.7. The van der Waals surface area contributed by atoms with E-state index in [2.05, 4.69) is 10.3 Å². The fourth-order valence-electron chi connectivity index (χ4n) is 1.53. The Labute approximate surface area is 92.1 Å². The van der Waals surface area contributed by atoms with Crippen molar-refractivity contribution in [1.82, 2.24) is 9.38 Å². The zero-order valence-corrected chi connectivity index (χ0v) is 9.04. The van der Waals surface area contributed by atoms with Gasteiger partial charge in [0, 0.05) is 12.1 Å². The van der Waals surface area contributed by atoms with Gasteiger partial charge in [-0.1, -0.05) is 6.07 Å². The average molecular weight is 220 g/mol. The van der Waals surface area contributed by atoms with E-state index < -0.39 is 4.92 Å². The lowest BCUT2D eigenvalue weighted by Crippen LogP contribution is -2.11. The number of rotatable bonds is 3. The number of nitrogens with zero attached hydrogens (tertiary/aromatic N) is 3. The first-order valence-corrected chi connectivity index (χ1v) is 4.97. The molecule has 2 rings (SSSR count). The first-order valence-electron chi connectivity index (χ1n) is 4.97. The average Bonchev–Trinajstić information content (AvgIpc) is 2.53. The summed E-state index contributed by atoms with van der Waals surface area (Å²) in [6, 6.07) is 5.37. The Bertz CT molecular complexity index is 533. The molecule has 0 aliphatic heterocycles. The van der Waals surface area contributed by atoms with Gasteiger partial charge in [-0.3, -0.25) is 0 Å². The lowest BCUT2D eigenvalue weighted by atomic mass is 10.4. The molecule has 1 N–H and O–H groups in total. The number of aromatic nitrogens is 2. The van der Waals surface area contributed by atoms with Crippen molar-refractivity contribution >= 4 is 17.3 Å². The smallest absolute Gasteiger partial charge is 0.361 e. The van der Waals surface area contributed by atoms with Crippen LogP contribution in [0.1, 0.15) is 13.8 Å². The largest absolute Gasteiger partial charge is 0.372 e. The molecular weight excluding hydrogens is 208 g/mol. The molecule has 0 bridgehead atoms. The van der Waals surface area contributed by atoms with Crippen LogP contribution in [0.2, 0.25) is 0 Å². The summed E-state index contributed by atoms with van der Waals surface area (Å²) in [6.45, 7) is 3.82. The Hall–Kier alpha value is -2.11. The van der Waals surface area contributed by atoms with Crippen molar-refractivity contribution in [2.75, 3.05) is 5.32 Å². The Kier molecular flexibility index (Phi) is 2.47. The molecule has 0 saturated heterocycles. The van der Waals surface area contributed by atoms with Crippen LogP contribution in [-0.4, -0.2) is 20.3 Å². The van der Waals surface area contributed by atoms with Crippen LogP contribution in [0.3, 0.4) is 0 Å². The number of hydrogen-bond acceptors (Lipinski definition) is 4. The second-order valence-corrected chi connectivity index (χ2v) is 3.77. The van der Waals surface area contributed by atoms with Gasteiger partial charge < -0.3 is 15.4 Å². The maximum absolute atomic E-state index is 11.0. The van der Waals surface area contributed by atoms with Crippen molar-refractivity contribution in [2.24, 2.45) is 0 Å². The van der Waals surface area contributed by atoms with Crippen molar-refractivity contribution in [3.05, 3.63) is 34.5 Å². The molecule has 0 unspecified atom stereocenters. The van der Waals surface area contributed by atoms with Crippen LogP contribution in [0.25, 0.3) is 5.65 Å². The van der Waals surface area contributed by atoms with Crippen LogP contribution >= 0.6 is 0 Å². The number of nitro groups is 1. The van der Waals surface area contributed by atoms with Crippen LogP contribution in [0.4, 0.5) is 11.6 Å². The molecule has 0 spiro atoms. The minimum absolute atomic E-state index is 0.0238. The molecule has 0 fully saturated rings. The summed E-state index contributed by atoms with van der Waals surface area (Å²) in [5.74, 6) is 0.288. The van der Waals surface area contributed by atoms with Crippen molar-refractivity contribution in [3.8, 4) is 0 Å². The highest BCUT2D eigenvalue weighted by atomic mass is 16.6. The van der Waals surface area contributed by atoms with Gasteiger partial charge >= 0.3 is 5.82 Å². The van der Waals surface area contributed by atoms with Gasteiger partial charge in [-0.05, 0) is 24.8 Å². The van der Waals surface area contributed by atoms with E-state index in [4.69, 9.17) is 0 Å². The predicted molar refractivity (Wildman–Crippen MR) is 60.6 cm³/mol. The minimum atomic E-state index is -0.426. The molecule has 0 radical (unpaired) electrons. The molecule has 2 heterocycles. The molecule has 0 aliphatic rings. The van der Waals surface area contributed by atoms with E-state index >= 15 is 0 Å². The highest BCUT2D eigenvalue weighted by Crippen LogP contribution is 2.25. The molecular formula is C10H12N4O2. The standard InChI is InChI=1S/C10H12N4O2/c1-7(2)11-9-10(14(15)16)13-6-4-3-5-8(13)12-9/h3-7,11H,1-2H3. The zero-order valence-electron chi connectivity index (χ0n) is 9.04. The maximum Gasteiger partial charge on any atom is 0.372 e. The van der Waals surface area contributed by atoms with E-state index in [0.29, 0.717) is 11.5 Å². The van der Waals surface area contributed by atoms with Gasteiger partial charge in [0.2, 0.25) is 11.5 Å². The summed E-state index contributed by atoms with van der Waals surface area (Å²) in [4.78, 5) is 14.7. The topological polar surface area (TPSA) is 72.5 Å². The number of nitrogens with one attached hydrogen (secondary N) is 1. The molecule has 2 aromatic rings. The number of pyridine rings is 1. The summed E-state index contributed by atoms with van der Waals surface area (Å²) in [7, 11) is 0. The van der Waals surface area contributed by atoms with Gasteiger partial charge in [0.1, 0.15) is 0 Å². The van der Waals surface area contributed by atoms with Crippen LogP contribution in [0.5, 0.6) is 0 Å². The summed E-state index contributed by atoms with van der Waals surface area (Å²) in [5.41, 5.74) is 0.567. The second-order valence-electron chi connectivity index (χ2n) is 3.77. The van der Waals surface area contributed by atoms with Crippen molar-refractivity contribution in [1.29, 1.82) is 0 Å². The monoisotopic (exact) mass is 220 g/mol. The third-order valence-corrected chi connectivity index (χ3v) is 2.10. The third kappa shape index (κ3) is 1.69. The Balaban J connectivity index is 2.63. The van der Waals surface area contributed by atoms with E-state index in [-0.39, 0.29) is 11.9 Å². The first-order chi connectivity index (χ1) is 7.59. The molecule has 0 atom stereocenters. The summed E-state index contributed by atoms with van der Waals surface area (Å²) < 4.78 is 1.46.